The van der Waals surface area contributed by atoms with Crippen LogP contribution in [0, 0.1) is 23.0 Å². The molecular weight excluding hydrogens is 276 g/mol. The molecule has 4 nitrogen and oxygen atoms in total. The maximum Gasteiger partial charge on any atom is 0.248 e. The second-order valence-electron chi connectivity index (χ2n) is 4.33. The highest BCUT2D eigenvalue weighted by molar-refractivity contribution is 5.92. The molecular formula is C15H11F2N3O. The van der Waals surface area contributed by atoms with Crippen molar-refractivity contribution in [3.8, 4) is 6.07 Å². The fourth-order valence-electron chi connectivity index (χ4n) is 1.80. The molecule has 106 valence electrons. The zero-order valence-electron chi connectivity index (χ0n) is 10.9. The van der Waals surface area contributed by atoms with Crippen LogP contribution in [0.25, 0.3) is 0 Å². The Morgan fingerprint density at radius 1 is 1.24 bits per heavy atom. The van der Waals surface area contributed by atoms with E-state index in [1.165, 1.54) is 24.3 Å². The molecule has 0 saturated heterocycles. The van der Waals surface area contributed by atoms with E-state index in [2.05, 4.69) is 5.32 Å². The molecule has 0 radical (unpaired) electrons. The minimum absolute atomic E-state index is 0.0794. The molecule has 6 heteroatoms. The summed E-state index contributed by atoms with van der Waals surface area (Å²) in [5.41, 5.74) is 5.96. The number of nitrogens with zero attached hydrogens (tertiary/aromatic N) is 1. The van der Waals surface area contributed by atoms with Gasteiger partial charge in [-0.2, -0.15) is 5.26 Å². The van der Waals surface area contributed by atoms with Crippen LogP contribution in [0.2, 0.25) is 0 Å². The van der Waals surface area contributed by atoms with E-state index in [4.69, 9.17) is 11.0 Å². The van der Waals surface area contributed by atoms with Crippen molar-refractivity contribution in [1.82, 2.24) is 0 Å². The Balaban J connectivity index is 2.17. The zero-order valence-corrected chi connectivity index (χ0v) is 10.9. The smallest absolute Gasteiger partial charge is 0.248 e. The summed E-state index contributed by atoms with van der Waals surface area (Å²) in [6.07, 6.45) is 0. The molecule has 3 N–H and O–H groups in total. The molecule has 0 unspecified atom stereocenters. The first-order valence-electron chi connectivity index (χ1n) is 6.03. The predicted octanol–water partition coefficient (Wildman–Crippen LogP) is 2.55. The number of amides is 1. The lowest BCUT2D eigenvalue weighted by Gasteiger charge is -2.09. The topological polar surface area (TPSA) is 78.9 Å². The van der Waals surface area contributed by atoms with Gasteiger partial charge in [0.1, 0.15) is 17.7 Å². The third kappa shape index (κ3) is 3.34. The molecule has 0 spiro atoms. The van der Waals surface area contributed by atoms with E-state index in [-0.39, 0.29) is 17.7 Å². The molecule has 2 rings (SSSR count). The number of benzene rings is 2. The molecule has 0 heterocycles. The largest absolute Gasteiger partial charge is 0.380 e. The first-order valence-corrected chi connectivity index (χ1v) is 6.03. The summed E-state index contributed by atoms with van der Waals surface area (Å²) in [5, 5.41) is 11.8. The van der Waals surface area contributed by atoms with Crippen LogP contribution in [-0.2, 0) is 6.54 Å². The first kappa shape index (κ1) is 14.5. The molecule has 1 amide bonds. The van der Waals surface area contributed by atoms with E-state index in [1.807, 2.05) is 6.07 Å². The average molecular weight is 287 g/mol. The number of carbonyl (C=O) groups is 1. The van der Waals surface area contributed by atoms with Crippen molar-refractivity contribution in [2.45, 2.75) is 6.54 Å². The maximum absolute atomic E-state index is 13.8. The van der Waals surface area contributed by atoms with Crippen LogP contribution in [0.4, 0.5) is 14.5 Å². The predicted molar refractivity (Wildman–Crippen MR) is 73.4 cm³/mol. The number of anilines is 1. The third-order valence-corrected chi connectivity index (χ3v) is 2.91. The Morgan fingerprint density at radius 2 is 2.00 bits per heavy atom. The monoisotopic (exact) mass is 287 g/mol. The van der Waals surface area contributed by atoms with E-state index in [0.29, 0.717) is 11.3 Å². The Bertz CT molecular complexity index is 738. The normalized spacial score (nSPS) is 9.95. The summed E-state index contributed by atoms with van der Waals surface area (Å²) in [5.74, 6) is -1.81. The van der Waals surface area contributed by atoms with Gasteiger partial charge in [0.25, 0.3) is 0 Å². The van der Waals surface area contributed by atoms with Gasteiger partial charge in [0.2, 0.25) is 5.91 Å². The van der Waals surface area contributed by atoms with Crippen LogP contribution in [-0.4, -0.2) is 5.91 Å². The van der Waals surface area contributed by atoms with E-state index in [0.717, 1.165) is 12.1 Å². The minimum Gasteiger partial charge on any atom is -0.380 e. The summed E-state index contributed by atoms with van der Waals surface area (Å²) < 4.78 is 26.8. The Hall–Kier alpha value is -2.94. The number of hydrogen-bond donors (Lipinski definition) is 2. The summed E-state index contributed by atoms with van der Waals surface area (Å²) in [6.45, 7) is 0.0885. The van der Waals surface area contributed by atoms with E-state index >= 15 is 0 Å². The van der Waals surface area contributed by atoms with Crippen LogP contribution in [0.1, 0.15) is 21.5 Å². The van der Waals surface area contributed by atoms with Gasteiger partial charge in [0, 0.05) is 17.7 Å². The summed E-state index contributed by atoms with van der Waals surface area (Å²) in [4.78, 5) is 10.9. The highest BCUT2D eigenvalue weighted by atomic mass is 19.1. The van der Waals surface area contributed by atoms with Crippen molar-refractivity contribution < 1.29 is 13.6 Å². The molecule has 0 aliphatic rings. The molecule has 21 heavy (non-hydrogen) atoms. The molecule has 0 bridgehead atoms. The maximum atomic E-state index is 13.8. The highest BCUT2D eigenvalue weighted by Gasteiger charge is 2.08. The lowest BCUT2D eigenvalue weighted by atomic mass is 10.1. The van der Waals surface area contributed by atoms with E-state index in [1.54, 1.807) is 0 Å². The number of nitrogens with two attached hydrogens (primary N) is 1. The molecule has 0 saturated carbocycles. The molecule has 2 aromatic carbocycles. The molecule has 0 aromatic heterocycles. The number of nitriles is 1. The van der Waals surface area contributed by atoms with Gasteiger partial charge < -0.3 is 11.1 Å². The number of primary amides is 1. The lowest BCUT2D eigenvalue weighted by Crippen LogP contribution is -2.12. The number of carbonyl (C=O) groups excluding carboxylic acids is 1. The fraction of sp³-hybridized carbons (Fsp3) is 0.0667. The van der Waals surface area contributed by atoms with Gasteiger partial charge in [-0.05, 0) is 30.3 Å². The molecule has 0 atom stereocenters. The van der Waals surface area contributed by atoms with Gasteiger partial charge in [-0.15, -0.1) is 0 Å². The van der Waals surface area contributed by atoms with Gasteiger partial charge in [-0.25, -0.2) is 8.78 Å². The van der Waals surface area contributed by atoms with Gasteiger partial charge in [-0.3, -0.25) is 4.79 Å². The quantitative estimate of drug-likeness (QED) is 0.907. The van der Waals surface area contributed by atoms with Gasteiger partial charge in [0.15, 0.2) is 0 Å². The standard InChI is InChI=1S/C15H11F2N3O/c16-12-3-4-14(11(5-12)7-18)20-8-10-2-1-9(15(19)21)6-13(10)17/h1-6,20H,8H2,(H2,19,21). The third-order valence-electron chi connectivity index (χ3n) is 2.91. The minimum atomic E-state index is -0.710. The van der Waals surface area contributed by atoms with Gasteiger partial charge >= 0.3 is 0 Å². The highest BCUT2D eigenvalue weighted by Crippen LogP contribution is 2.18. The molecule has 0 aliphatic heterocycles. The van der Waals surface area contributed by atoms with Crippen LogP contribution in [0.5, 0.6) is 0 Å². The van der Waals surface area contributed by atoms with Gasteiger partial charge in [0.05, 0.1) is 11.3 Å². The second kappa shape index (κ2) is 6.01. The second-order valence-corrected chi connectivity index (χ2v) is 4.33. The van der Waals surface area contributed by atoms with Crippen molar-refractivity contribution in [2.75, 3.05) is 5.32 Å². The summed E-state index contributed by atoms with van der Waals surface area (Å²) >= 11 is 0. The van der Waals surface area contributed by atoms with Crippen molar-refractivity contribution >= 4 is 11.6 Å². The number of rotatable bonds is 4. The van der Waals surface area contributed by atoms with Crippen molar-refractivity contribution in [1.29, 1.82) is 5.26 Å². The number of halogens is 2. The number of hydrogen-bond acceptors (Lipinski definition) is 3. The zero-order chi connectivity index (χ0) is 15.4. The summed E-state index contributed by atoms with van der Waals surface area (Å²) in [7, 11) is 0. The van der Waals surface area contributed by atoms with Gasteiger partial charge in [-0.1, -0.05) is 6.07 Å². The fourth-order valence-corrected chi connectivity index (χ4v) is 1.80. The van der Waals surface area contributed by atoms with Crippen LogP contribution >= 0.6 is 0 Å². The Morgan fingerprint density at radius 3 is 2.62 bits per heavy atom. The van der Waals surface area contributed by atoms with E-state index in [9.17, 15) is 13.6 Å². The first-order chi connectivity index (χ1) is 10.0. The SMILES string of the molecule is N#Cc1cc(F)ccc1NCc1ccc(C(N)=O)cc1F. The molecule has 0 aliphatic carbocycles. The lowest BCUT2D eigenvalue weighted by molar-refractivity contribution is 0.1000. The van der Waals surface area contributed by atoms with Crippen molar-refractivity contribution in [3.63, 3.8) is 0 Å². The van der Waals surface area contributed by atoms with Crippen molar-refractivity contribution in [2.24, 2.45) is 5.73 Å². The average Bonchev–Trinajstić information content (AvgIpc) is 2.46. The Kier molecular flexibility index (Phi) is 4.14. The summed E-state index contributed by atoms with van der Waals surface area (Å²) in [6, 6.07) is 9.45. The van der Waals surface area contributed by atoms with Crippen LogP contribution in [0.15, 0.2) is 36.4 Å². The molecule has 0 fully saturated rings. The number of nitrogens with one attached hydrogen (secondary N) is 1. The Labute approximate surface area is 119 Å². The van der Waals surface area contributed by atoms with Crippen LogP contribution in [0.3, 0.4) is 0 Å². The molecule has 2 aromatic rings. The van der Waals surface area contributed by atoms with Crippen molar-refractivity contribution in [3.05, 3.63) is 64.7 Å². The van der Waals surface area contributed by atoms with E-state index < -0.39 is 17.5 Å². The van der Waals surface area contributed by atoms with Crippen LogP contribution < -0.4 is 11.1 Å².